The van der Waals surface area contributed by atoms with Gasteiger partial charge in [-0.05, 0) is 54.3 Å². The van der Waals surface area contributed by atoms with E-state index < -0.39 is 69.1 Å². The molecule has 0 radical (unpaired) electrons. The number of nitrogens with zero attached hydrogens (tertiary/aromatic N) is 2. The summed E-state index contributed by atoms with van der Waals surface area (Å²) in [4.78, 5) is 42.3. The highest BCUT2D eigenvalue weighted by molar-refractivity contribution is 5.96. The number of amides is 1. The van der Waals surface area contributed by atoms with Gasteiger partial charge in [-0.25, -0.2) is 0 Å². The fourth-order valence-corrected chi connectivity index (χ4v) is 5.96. The first-order valence-corrected chi connectivity index (χ1v) is 15.4. The van der Waals surface area contributed by atoms with Gasteiger partial charge in [0, 0.05) is 19.8 Å². The fraction of sp³-hybridized carbons (Fsp3) is 0.324. The van der Waals surface area contributed by atoms with Crippen molar-refractivity contribution >= 4 is 17.8 Å². The molecular formula is C34H36N2O13. The summed E-state index contributed by atoms with van der Waals surface area (Å²) in [7, 11) is 0. The molecule has 0 aliphatic carbocycles. The summed E-state index contributed by atoms with van der Waals surface area (Å²) in [6, 6.07) is 9.02. The van der Waals surface area contributed by atoms with Crippen LogP contribution in [0.5, 0.6) is 40.2 Å². The van der Waals surface area contributed by atoms with Crippen molar-refractivity contribution in [1.29, 1.82) is 0 Å². The maximum Gasteiger partial charge on any atom is 0.374 e. The molecule has 2 aliphatic rings. The van der Waals surface area contributed by atoms with Crippen LogP contribution in [0.1, 0.15) is 54.4 Å². The van der Waals surface area contributed by atoms with Gasteiger partial charge in [0.25, 0.3) is 0 Å². The van der Waals surface area contributed by atoms with Crippen LogP contribution in [0.15, 0.2) is 54.0 Å². The smallest absolute Gasteiger partial charge is 0.374 e. The van der Waals surface area contributed by atoms with Crippen molar-refractivity contribution in [2.45, 2.75) is 60.1 Å². The minimum absolute atomic E-state index is 0.0357. The third-order valence-electron chi connectivity index (χ3n) is 8.76. The van der Waals surface area contributed by atoms with E-state index in [1.165, 1.54) is 49.4 Å². The van der Waals surface area contributed by atoms with E-state index in [2.05, 4.69) is 0 Å². The zero-order valence-corrected chi connectivity index (χ0v) is 27.5. The molecule has 15 nitrogen and oxygen atoms in total. The molecule has 260 valence electrons. The van der Waals surface area contributed by atoms with Crippen molar-refractivity contribution in [3.05, 3.63) is 59.3 Å². The number of aliphatic hydroxyl groups is 1. The van der Waals surface area contributed by atoms with Crippen LogP contribution in [0.25, 0.3) is 22.3 Å². The lowest BCUT2D eigenvalue weighted by Gasteiger charge is -2.56. The van der Waals surface area contributed by atoms with Crippen LogP contribution in [-0.2, 0) is 14.4 Å². The van der Waals surface area contributed by atoms with Crippen molar-refractivity contribution < 1.29 is 63.9 Å². The Bertz CT molecular complexity index is 1890. The normalized spacial score (nSPS) is 21.1. The zero-order valence-electron chi connectivity index (χ0n) is 27.5. The van der Waals surface area contributed by atoms with Crippen LogP contribution in [0.3, 0.4) is 0 Å². The zero-order chi connectivity index (χ0) is 36.2. The van der Waals surface area contributed by atoms with Gasteiger partial charge in [-0.2, -0.15) is 5.06 Å². The van der Waals surface area contributed by atoms with E-state index >= 15 is 0 Å². The summed E-state index contributed by atoms with van der Waals surface area (Å²) < 4.78 is 17.1. The van der Waals surface area contributed by atoms with Gasteiger partial charge in [-0.15, -0.1) is 0 Å². The number of quaternary nitrogens is 1. The van der Waals surface area contributed by atoms with Gasteiger partial charge < -0.3 is 39.8 Å². The largest absolute Gasteiger partial charge is 0.578 e. The summed E-state index contributed by atoms with van der Waals surface area (Å²) in [5, 5.41) is 69.7. The molecular weight excluding hydrogens is 644 g/mol. The van der Waals surface area contributed by atoms with Gasteiger partial charge in [-0.1, -0.05) is 44.6 Å². The number of ether oxygens (including phenoxy) is 3. The molecule has 5 N–H and O–H groups in total. The number of rotatable bonds is 8. The topological polar surface area (TPSA) is 216 Å². The highest BCUT2D eigenvalue weighted by atomic mass is 17.0. The van der Waals surface area contributed by atoms with E-state index in [1.54, 1.807) is 20.8 Å². The third-order valence-corrected chi connectivity index (χ3v) is 8.76. The molecule has 49 heavy (non-hydrogen) atoms. The number of aromatic hydroxyl groups is 3. The van der Waals surface area contributed by atoms with Crippen molar-refractivity contribution in [2.24, 2.45) is 11.8 Å². The van der Waals surface area contributed by atoms with E-state index in [0.29, 0.717) is 6.42 Å². The maximum absolute atomic E-state index is 14.6. The van der Waals surface area contributed by atoms with Crippen LogP contribution in [-0.4, -0.2) is 59.1 Å². The maximum atomic E-state index is 14.6. The molecule has 0 spiro atoms. The number of carbonyl (C=O) groups is 3. The number of hydrogen-bond donors (Lipinski definition) is 5. The first-order chi connectivity index (χ1) is 23.0. The van der Waals surface area contributed by atoms with Gasteiger partial charge in [0.1, 0.15) is 5.75 Å². The number of phenols is 3. The second-order valence-electron chi connectivity index (χ2n) is 11.9. The van der Waals surface area contributed by atoms with Gasteiger partial charge in [0.15, 0.2) is 34.4 Å². The molecule has 3 aromatic rings. The molecule has 0 unspecified atom stereocenters. The number of allylic oxidation sites excluding steroid dienone is 1. The van der Waals surface area contributed by atoms with Crippen molar-refractivity contribution in [3.8, 4) is 62.5 Å². The Morgan fingerprint density at radius 2 is 1.41 bits per heavy atom. The number of benzene rings is 3. The number of fused-ring (bicyclic) bond motifs is 2. The summed E-state index contributed by atoms with van der Waals surface area (Å²) in [6.07, 6.45) is 0.505. The molecule has 0 saturated heterocycles. The van der Waals surface area contributed by atoms with Crippen molar-refractivity contribution in [2.75, 3.05) is 0 Å². The second-order valence-corrected chi connectivity index (χ2v) is 11.9. The van der Waals surface area contributed by atoms with E-state index in [0.717, 1.165) is 13.8 Å². The highest BCUT2D eigenvalue weighted by Crippen LogP contribution is 2.58. The minimum atomic E-state index is -2.59. The molecule has 0 saturated carbocycles. The predicted molar refractivity (Wildman–Crippen MR) is 170 cm³/mol. The van der Waals surface area contributed by atoms with E-state index in [-0.39, 0.29) is 56.7 Å². The first-order valence-electron chi connectivity index (χ1n) is 15.4. The molecule has 0 fully saturated rings. The Morgan fingerprint density at radius 3 is 1.92 bits per heavy atom. The average molecular weight is 681 g/mol. The average Bonchev–Trinajstić information content (AvgIpc) is 3.05. The SMILES string of the molecule is CC[C@@H](C)[C@]12Oc3cc(-c4c(O)c(O)c(-c5ccc(O)cc5)c(OC(C)=O)c4OC(C)=O)ccc3O[N@+]1([O-])C(O)=C([C@@H](C)CC)N(O)C2=O. The van der Waals surface area contributed by atoms with Crippen molar-refractivity contribution in [1.82, 2.24) is 5.06 Å². The molecule has 5 rings (SSSR count). The minimum Gasteiger partial charge on any atom is -0.578 e. The number of phenolic OH excluding ortho intramolecular Hbond substituents is 3. The van der Waals surface area contributed by atoms with Crippen LogP contribution in [0, 0.1) is 17.0 Å². The monoisotopic (exact) mass is 680 g/mol. The molecule has 15 heteroatoms. The number of esters is 2. The number of carbonyl (C=O) groups excluding carboxylic acids is 3. The summed E-state index contributed by atoms with van der Waals surface area (Å²) in [6.45, 7) is 8.63. The van der Waals surface area contributed by atoms with Gasteiger partial charge in [0.05, 0.1) is 17.0 Å². The van der Waals surface area contributed by atoms with Gasteiger partial charge in [-0.3, -0.25) is 24.4 Å². The van der Waals surface area contributed by atoms with Crippen LogP contribution >= 0.6 is 0 Å². The molecule has 1 amide bonds. The Hall–Kier alpha value is -5.51. The Morgan fingerprint density at radius 1 is 0.878 bits per heavy atom. The Kier molecular flexibility index (Phi) is 8.88. The summed E-state index contributed by atoms with van der Waals surface area (Å²) >= 11 is 0. The lowest BCUT2D eigenvalue weighted by molar-refractivity contribution is -1.08. The molecule has 0 aromatic heterocycles. The van der Waals surface area contributed by atoms with Crippen LogP contribution in [0.4, 0.5) is 0 Å². The quantitative estimate of drug-likeness (QED) is 0.0480. The molecule has 3 aromatic carbocycles. The van der Waals surface area contributed by atoms with Crippen molar-refractivity contribution in [3.63, 3.8) is 0 Å². The first kappa shape index (κ1) is 34.8. The summed E-state index contributed by atoms with van der Waals surface area (Å²) in [5.41, 5.74) is -3.41. The Labute approximate surface area is 280 Å². The van der Waals surface area contributed by atoms with Crippen LogP contribution < -0.4 is 19.0 Å². The van der Waals surface area contributed by atoms with E-state index in [4.69, 9.17) is 19.0 Å². The van der Waals surface area contributed by atoms with Gasteiger partial charge in [0.2, 0.25) is 5.75 Å². The lowest BCUT2D eigenvalue weighted by Crippen LogP contribution is -2.78. The predicted octanol–water partition coefficient (Wildman–Crippen LogP) is 5.74. The third kappa shape index (κ3) is 5.31. The fourth-order valence-electron chi connectivity index (χ4n) is 5.96. The number of hydroxylamine groups is 6. The molecule has 0 bridgehead atoms. The van der Waals surface area contributed by atoms with Gasteiger partial charge >= 0.3 is 29.5 Å². The Balaban J connectivity index is 1.78. The number of hydrogen-bond acceptors (Lipinski definition) is 13. The number of aliphatic hydroxyl groups excluding tert-OH is 1. The highest BCUT2D eigenvalue weighted by Gasteiger charge is 2.72. The summed E-state index contributed by atoms with van der Waals surface area (Å²) in [5.74, 6) is -8.74. The molecule has 2 heterocycles. The molecule has 2 aliphatic heterocycles. The molecule has 4 atom stereocenters. The second kappa shape index (κ2) is 12.5. The van der Waals surface area contributed by atoms with E-state index in [1.807, 2.05) is 0 Å². The van der Waals surface area contributed by atoms with Crippen LogP contribution in [0.2, 0.25) is 0 Å². The lowest BCUT2D eigenvalue weighted by atomic mass is 9.89. The van der Waals surface area contributed by atoms with E-state index in [9.17, 15) is 45.2 Å². The standard InChI is InChI=1S/C34H36N2O13/c1-7-16(3)27-32(42)36(45)34(17(4)8-2,33(43)35(27)44)48-24-15-21(11-14-23(24)49-36)26-29(41)28(40)25(20-9-12-22(39)13-10-20)30(46-18(5)37)31(26)47-19(6)38/h9-17,39-42,44H,7-8H2,1-6H3/t16-,17+,34+,36+/m0/s1.